The van der Waals surface area contributed by atoms with Crippen LogP contribution in [0.4, 0.5) is 0 Å². The fraction of sp³-hybridized carbons (Fsp3) is 0.333. The minimum Gasteiger partial charge on any atom is -0.465 e. The van der Waals surface area contributed by atoms with Crippen molar-refractivity contribution >= 4 is 5.97 Å². The summed E-state index contributed by atoms with van der Waals surface area (Å²) in [7, 11) is 1.39. The van der Waals surface area contributed by atoms with Crippen LogP contribution in [-0.2, 0) is 11.3 Å². The monoisotopic (exact) mass is 258 g/mol. The Hall–Kier alpha value is -2.10. The van der Waals surface area contributed by atoms with Crippen LogP contribution in [-0.4, -0.2) is 22.6 Å². The van der Waals surface area contributed by atoms with E-state index in [1.54, 1.807) is 12.3 Å². The van der Waals surface area contributed by atoms with Crippen LogP contribution >= 0.6 is 0 Å². The second-order valence-electron chi connectivity index (χ2n) is 4.76. The minimum atomic E-state index is -0.309. The lowest BCUT2D eigenvalue weighted by Crippen LogP contribution is -2.07. The molecule has 0 spiro atoms. The van der Waals surface area contributed by atoms with Crippen molar-refractivity contribution < 1.29 is 9.53 Å². The third-order valence-electron chi connectivity index (χ3n) is 2.97. The molecule has 1 heterocycles. The molecule has 0 aliphatic heterocycles. The van der Waals surface area contributed by atoms with Crippen LogP contribution in [0.5, 0.6) is 0 Å². The summed E-state index contributed by atoms with van der Waals surface area (Å²) >= 11 is 0. The maximum absolute atomic E-state index is 11.5. The van der Waals surface area contributed by atoms with Crippen molar-refractivity contribution in [1.82, 2.24) is 9.55 Å². The maximum atomic E-state index is 11.5. The third kappa shape index (κ3) is 3.02. The SMILES string of the molecule is COC(=O)c1cccc(Cn2ccnc2C(C)C)c1. The number of nitrogens with zero attached hydrogens (tertiary/aromatic N) is 2. The van der Waals surface area contributed by atoms with Crippen molar-refractivity contribution in [3.05, 3.63) is 53.6 Å². The summed E-state index contributed by atoms with van der Waals surface area (Å²) in [4.78, 5) is 15.9. The highest BCUT2D eigenvalue weighted by molar-refractivity contribution is 5.89. The van der Waals surface area contributed by atoms with E-state index in [1.807, 2.05) is 24.4 Å². The van der Waals surface area contributed by atoms with Crippen molar-refractivity contribution in [2.75, 3.05) is 7.11 Å². The molecular weight excluding hydrogens is 240 g/mol. The average molecular weight is 258 g/mol. The number of hydrogen-bond acceptors (Lipinski definition) is 3. The van der Waals surface area contributed by atoms with E-state index in [0.29, 0.717) is 18.0 Å². The molecule has 2 aromatic rings. The van der Waals surface area contributed by atoms with Crippen LogP contribution in [0.25, 0.3) is 0 Å². The average Bonchev–Trinajstić information content (AvgIpc) is 2.86. The molecule has 0 saturated heterocycles. The first kappa shape index (κ1) is 13.3. The lowest BCUT2D eigenvalue weighted by Gasteiger charge is -2.11. The predicted octanol–water partition coefficient (Wildman–Crippen LogP) is 2.84. The molecule has 100 valence electrons. The Labute approximate surface area is 113 Å². The molecule has 4 heteroatoms. The van der Waals surface area contributed by atoms with E-state index in [-0.39, 0.29) is 5.97 Å². The van der Waals surface area contributed by atoms with E-state index in [9.17, 15) is 4.79 Å². The van der Waals surface area contributed by atoms with Gasteiger partial charge >= 0.3 is 5.97 Å². The van der Waals surface area contributed by atoms with Gasteiger partial charge < -0.3 is 9.30 Å². The molecule has 0 aliphatic carbocycles. The van der Waals surface area contributed by atoms with Gasteiger partial charge in [0.2, 0.25) is 0 Å². The van der Waals surface area contributed by atoms with Gasteiger partial charge in [-0.3, -0.25) is 0 Å². The predicted molar refractivity (Wildman–Crippen MR) is 73.2 cm³/mol. The normalized spacial score (nSPS) is 10.7. The molecule has 0 atom stereocenters. The number of aromatic nitrogens is 2. The van der Waals surface area contributed by atoms with Gasteiger partial charge in [-0.2, -0.15) is 0 Å². The Morgan fingerprint density at radius 3 is 2.89 bits per heavy atom. The van der Waals surface area contributed by atoms with Crippen LogP contribution in [0.1, 0.15) is 41.5 Å². The molecule has 0 N–H and O–H groups in total. The van der Waals surface area contributed by atoms with Gasteiger partial charge in [0.05, 0.1) is 12.7 Å². The number of methoxy groups -OCH3 is 1. The first-order chi connectivity index (χ1) is 9.11. The molecular formula is C15H18N2O2. The largest absolute Gasteiger partial charge is 0.465 e. The van der Waals surface area contributed by atoms with Gasteiger partial charge in [0, 0.05) is 24.9 Å². The van der Waals surface area contributed by atoms with Crippen molar-refractivity contribution in [1.29, 1.82) is 0 Å². The van der Waals surface area contributed by atoms with Crippen LogP contribution < -0.4 is 0 Å². The molecule has 0 fully saturated rings. The standard InChI is InChI=1S/C15H18N2O2/c1-11(2)14-16-7-8-17(14)10-12-5-4-6-13(9-12)15(18)19-3/h4-9,11H,10H2,1-3H3. The van der Waals surface area contributed by atoms with E-state index in [2.05, 4.69) is 23.4 Å². The molecule has 19 heavy (non-hydrogen) atoms. The number of rotatable bonds is 4. The Morgan fingerprint density at radius 1 is 1.42 bits per heavy atom. The first-order valence-corrected chi connectivity index (χ1v) is 6.30. The third-order valence-corrected chi connectivity index (χ3v) is 2.97. The van der Waals surface area contributed by atoms with Crippen LogP contribution in [0.2, 0.25) is 0 Å². The van der Waals surface area contributed by atoms with Crippen LogP contribution in [0, 0.1) is 0 Å². The molecule has 4 nitrogen and oxygen atoms in total. The Kier molecular flexibility index (Phi) is 4.00. The van der Waals surface area contributed by atoms with E-state index in [4.69, 9.17) is 4.74 Å². The number of benzene rings is 1. The zero-order chi connectivity index (χ0) is 13.8. The minimum absolute atomic E-state index is 0.309. The van der Waals surface area contributed by atoms with Crippen molar-refractivity contribution in [2.45, 2.75) is 26.3 Å². The van der Waals surface area contributed by atoms with E-state index in [0.717, 1.165) is 11.4 Å². The van der Waals surface area contributed by atoms with Gasteiger partial charge in [0.25, 0.3) is 0 Å². The topological polar surface area (TPSA) is 44.1 Å². The number of esters is 1. The summed E-state index contributed by atoms with van der Waals surface area (Å²) < 4.78 is 6.83. The van der Waals surface area contributed by atoms with Crippen molar-refractivity contribution in [3.8, 4) is 0 Å². The van der Waals surface area contributed by atoms with Gasteiger partial charge in [0.1, 0.15) is 5.82 Å². The van der Waals surface area contributed by atoms with Crippen LogP contribution in [0.15, 0.2) is 36.7 Å². The highest BCUT2D eigenvalue weighted by atomic mass is 16.5. The van der Waals surface area contributed by atoms with Gasteiger partial charge in [-0.1, -0.05) is 26.0 Å². The summed E-state index contributed by atoms with van der Waals surface area (Å²) in [6.07, 6.45) is 3.76. The Balaban J connectivity index is 2.24. The molecule has 0 saturated carbocycles. The lowest BCUT2D eigenvalue weighted by molar-refractivity contribution is 0.0600. The smallest absolute Gasteiger partial charge is 0.337 e. The summed E-state index contributed by atoms with van der Waals surface area (Å²) in [6.45, 7) is 4.94. The van der Waals surface area contributed by atoms with E-state index in [1.165, 1.54) is 7.11 Å². The quantitative estimate of drug-likeness (QED) is 0.792. The molecule has 2 rings (SSSR count). The van der Waals surface area contributed by atoms with E-state index >= 15 is 0 Å². The molecule has 0 aliphatic rings. The van der Waals surface area contributed by atoms with Crippen molar-refractivity contribution in [2.24, 2.45) is 0 Å². The number of ether oxygens (including phenoxy) is 1. The number of imidazole rings is 1. The summed E-state index contributed by atoms with van der Waals surface area (Å²) in [6, 6.07) is 7.48. The maximum Gasteiger partial charge on any atom is 0.337 e. The van der Waals surface area contributed by atoms with E-state index < -0.39 is 0 Å². The molecule has 0 radical (unpaired) electrons. The second kappa shape index (κ2) is 5.69. The Morgan fingerprint density at radius 2 is 2.21 bits per heavy atom. The summed E-state index contributed by atoms with van der Waals surface area (Å²) in [5, 5.41) is 0. The molecule has 0 bridgehead atoms. The summed E-state index contributed by atoms with van der Waals surface area (Å²) in [5.41, 5.74) is 1.63. The zero-order valence-electron chi connectivity index (χ0n) is 11.5. The van der Waals surface area contributed by atoms with Gasteiger partial charge in [-0.15, -0.1) is 0 Å². The fourth-order valence-corrected chi connectivity index (χ4v) is 2.07. The van der Waals surface area contributed by atoms with Gasteiger partial charge in [-0.25, -0.2) is 9.78 Å². The zero-order valence-corrected chi connectivity index (χ0v) is 11.5. The highest BCUT2D eigenvalue weighted by Gasteiger charge is 2.09. The molecule has 0 unspecified atom stereocenters. The Bertz CT molecular complexity index is 573. The number of carbonyl (C=O) groups is 1. The first-order valence-electron chi connectivity index (χ1n) is 6.30. The number of carbonyl (C=O) groups excluding carboxylic acids is 1. The lowest BCUT2D eigenvalue weighted by atomic mass is 10.1. The molecule has 1 aromatic carbocycles. The molecule has 1 aromatic heterocycles. The fourth-order valence-electron chi connectivity index (χ4n) is 2.07. The van der Waals surface area contributed by atoms with Crippen LogP contribution in [0.3, 0.4) is 0 Å². The molecule has 0 amide bonds. The highest BCUT2D eigenvalue weighted by Crippen LogP contribution is 2.15. The van der Waals surface area contributed by atoms with Gasteiger partial charge in [-0.05, 0) is 17.7 Å². The summed E-state index contributed by atoms with van der Waals surface area (Å²) in [5.74, 6) is 1.11. The van der Waals surface area contributed by atoms with Gasteiger partial charge in [0.15, 0.2) is 0 Å². The van der Waals surface area contributed by atoms with Crippen molar-refractivity contribution in [3.63, 3.8) is 0 Å². The number of hydrogen-bond donors (Lipinski definition) is 0. The second-order valence-corrected chi connectivity index (χ2v) is 4.76.